The van der Waals surface area contributed by atoms with Crippen molar-refractivity contribution in [3.05, 3.63) is 23.8 Å². The first kappa shape index (κ1) is 13.8. The van der Waals surface area contributed by atoms with E-state index in [9.17, 15) is 19.8 Å². The van der Waals surface area contributed by atoms with Crippen molar-refractivity contribution in [1.29, 1.82) is 0 Å². The number of hydrogen-bond donors (Lipinski definition) is 4. The molecule has 0 spiro atoms. The molecular formula is C11H14N2O5. The number of nitrogens with one attached hydrogen (secondary N) is 1. The predicted octanol–water partition coefficient (Wildman–Crippen LogP) is -0.671. The van der Waals surface area contributed by atoms with Gasteiger partial charge >= 0.3 is 0 Å². The third-order valence-corrected chi connectivity index (χ3v) is 1.94. The van der Waals surface area contributed by atoms with Crippen LogP contribution in [0.2, 0.25) is 0 Å². The van der Waals surface area contributed by atoms with Crippen LogP contribution in [0, 0.1) is 0 Å². The number of primary amides is 1. The van der Waals surface area contributed by atoms with Crippen LogP contribution in [0.4, 0.5) is 0 Å². The van der Waals surface area contributed by atoms with Crippen molar-refractivity contribution >= 4 is 11.8 Å². The number of carbonyl (C=O) groups is 2. The molecule has 0 saturated carbocycles. The van der Waals surface area contributed by atoms with E-state index in [0.717, 1.165) is 6.07 Å². The van der Waals surface area contributed by atoms with Gasteiger partial charge in [-0.1, -0.05) is 0 Å². The SMILES string of the molecule is NC(=O)COCCNC(=O)c1cc(O)cc(O)c1. The van der Waals surface area contributed by atoms with Gasteiger partial charge in [-0.3, -0.25) is 9.59 Å². The summed E-state index contributed by atoms with van der Waals surface area (Å²) in [5, 5.41) is 20.9. The highest BCUT2D eigenvalue weighted by Crippen LogP contribution is 2.20. The molecule has 5 N–H and O–H groups in total. The summed E-state index contributed by atoms with van der Waals surface area (Å²) in [6.07, 6.45) is 0. The van der Waals surface area contributed by atoms with Crippen molar-refractivity contribution in [2.45, 2.75) is 0 Å². The van der Waals surface area contributed by atoms with Crippen LogP contribution in [0.1, 0.15) is 10.4 Å². The highest BCUT2D eigenvalue weighted by molar-refractivity contribution is 5.95. The standard InChI is InChI=1S/C11H14N2O5/c12-10(16)6-18-2-1-13-11(17)7-3-8(14)5-9(15)4-7/h3-5,14-15H,1-2,6H2,(H2,12,16)(H,13,17). The smallest absolute Gasteiger partial charge is 0.251 e. The predicted molar refractivity (Wildman–Crippen MR) is 62.1 cm³/mol. The first-order valence-corrected chi connectivity index (χ1v) is 5.16. The van der Waals surface area contributed by atoms with Gasteiger partial charge in [-0.2, -0.15) is 0 Å². The first-order chi connectivity index (χ1) is 8.49. The van der Waals surface area contributed by atoms with Crippen LogP contribution < -0.4 is 11.1 Å². The zero-order valence-corrected chi connectivity index (χ0v) is 9.55. The molecule has 7 nitrogen and oxygen atoms in total. The summed E-state index contributed by atoms with van der Waals surface area (Å²) in [6.45, 7) is 0.116. The lowest BCUT2D eigenvalue weighted by molar-refractivity contribution is -0.122. The summed E-state index contributed by atoms with van der Waals surface area (Å²) in [7, 11) is 0. The zero-order chi connectivity index (χ0) is 13.5. The zero-order valence-electron chi connectivity index (χ0n) is 9.55. The highest BCUT2D eigenvalue weighted by Gasteiger charge is 2.07. The van der Waals surface area contributed by atoms with Crippen LogP contribution in [0.15, 0.2) is 18.2 Å². The molecule has 0 aliphatic rings. The van der Waals surface area contributed by atoms with Gasteiger partial charge in [-0.15, -0.1) is 0 Å². The fourth-order valence-electron chi connectivity index (χ4n) is 1.24. The number of benzene rings is 1. The molecule has 98 valence electrons. The summed E-state index contributed by atoms with van der Waals surface area (Å²) >= 11 is 0. The van der Waals surface area contributed by atoms with Gasteiger partial charge in [0.25, 0.3) is 5.91 Å². The van der Waals surface area contributed by atoms with E-state index in [4.69, 9.17) is 10.5 Å². The number of hydrogen-bond acceptors (Lipinski definition) is 5. The third-order valence-electron chi connectivity index (χ3n) is 1.94. The maximum Gasteiger partial charge on any atom is 0.251 e. The fourth-order valence-corrected chi connectivity index (χ4v) is 1.24. The van der Waals surface area contributed by atoms with Crippen molar-refractivity contribution in [1.82, 2.24) is 5.32 Å². The van der Waals surface area contributed by atoms with Crippen molar-refractivity contribution in [2.75, 3.05) is 19.8 Å². The Kier molecular flexibility index (Phi) is 4.94. The van der Waals surface area contributed by atoms with Crippen molar-refractivity contribution in [2.24, 2.45) is 5.73 Å². The molecule has 0 fully saturated rings. The van der Waals surface area contributed by atoms with Crippen LogP contribution in [0.25, 0.3) is 0 Å². The van der Waals surface area contributed by atoms with E-state index in [2.05, 4.69) is 5.32 Å². The second kappa shape index (κ2) is 6.45. The molecule has 1 aromatic rings. The van der Waals surface area contributed by atoms with Gasteiger partial charge in [0.05, 0.1) is 6.61 Å². The van der Waals surface area contributed by atoms with Crippen LogP contribution in [0.5, 0.6) is 11.5 Å². The van der Waals surface area contributed by atoms with E-state index < -0.39 is 11.8 Å². The second-order valence-corrected chi connectivity index (χ2v) is 3.51. The maximum absolute atomic E-state index is 11.6. The Bertz CT molecular complexity index is 427. The molecule has 2 amide bonds. The first-order valence-electron chi connectivity index (χ1n) is 5.16. The fraction of sp³-hybridized carbons (Fsp3) is 0.273. The number of carbonyl (C=O) groups excluding carboxylic acids is 2. The van der Waals surface area contributed by atoms with E-state index in [0.29, 0.717) is 0 Å². The van der Waals surface area contributed by atoms with Gasteiger partial charge in [-0.05, 0) is 12.1 Å². The molecule has 18 heavy (non-hydrogen) atoms. The molecule has 1 rings (SSSR count). The van der Waals surface area contributed by atoms with Gasteiger partial charge < -0.3 is 26.0 Å². The van der Waals surface area contributed by atoms with Crippen molar-refractivity contribution in [3.8, 4) is 11.5 Å². The summed E-state index contributed by atoms with van der Waals surface area (Å²) in [5.41, 5.74) is 4.98. The number of ether oxygens (including phenoxy) is 1. The lowest BCUT2D eigenvalue weighted by Crippen LogP contribution is -2.28. The monoisotopic (exact) mass is 254 g/mol. The quantitative estimate of drug-likeness (QED) is 0.501. The summed E-state index contributed by atoms with van der Waals surface area (Å²) in [6, 6.07) is 3.56. The average Bonchev–Trinajstić information content (AvgIpc) is 2.26. The molecule has 1 aromatic carbocycles. The molecule has 0 atom stereocenters. The van der Waals surface area contributed by atoms with Gasteiger partial charge in [-0.25, -0.2) is 0 Å². The number of aromatic hydroxyl groups is 2. The maximum atomic E-state index is 11.6. The minimum absolute atomic E-state index is 0.127. The summed E-state index contributed by atoms with van der Waals surface area (Å²) < 4.78 is 4.84. The van der Waals surface area contributed by atoms with E-state index in [1.54, 1.807) is 0 Å². The molecular weight excluding hydrogens is 240 g/mol. The average molecular weight is 254 g/mol. The lowest BCUT2D eigenvalue weighted by atomic mass is 10.2. The third kappa shape index (κ3) is 4.71. The van der Waals surface area contributed by atoms with Gasteiger partial charge in [0, 0.05) is 18.2 Å². The Morgan fingerprint density at radius 1 is 1.22 bits per heavy atom. The molecule has 7 heteroatoms. The number of amides is 2. The second-order valence-electron chi connectivity index (χ2n) is 3.51. The largest absolute Gasteiger partial charge is 0.508 e. The lowest BCUT2D eigenvalue weighted by Gasteiger charge is -2.06. The van der Waals surface area contributed by atoms with E-state index in [-0.39, 0.29) is 36.8 Å². The van der Waals surface area contributed by atoms with Crippen molar-refractivity contribution < 1.29 is 24.5 Å². The van der Waals surface area contributed by atoms with Gasteiger partial charge in [0.2, 0.25) is 5.91 Å². The number of rotatable bonds is 6. The van der Waals surface area contributed by atoms with E-state index in [1.165, 1.54) is 12.1 Å². The Labute approximate surface area is 103 Å². The molecule has 0 aliphatic carbocycles. The van der Waals surface area contributed by atoms with Crippen LogP contribution in [-0.4, -0.2) is 41.8 Å². The molecule has 0 saturated heterocycles. The van der Waals surface area contributed by atoms with Crippen LogP contribution >= 0.6 is 0 Å². The summed E-state index contributed by atoms with van der Waals surface area (Å²) in [4.78, 5) is 21.9. The number of phenolic OH excluding ortho intramolecular Hbond substituents is 2. The minimum atomic E-state index is -0.584. The molecule has 0 heterocycles. The molecule has 0 unspecified atom stereocenters. The Hall–Kier alpha value is -2.28. The van der Waals surface area contributed by atoms with E-state index >= 15 is 0 Å². The molecule has 0 bridgehead atoms. The molecule has 0 aliphatic heterocycles. The van der Waals surface area contributed by atoms with Gasteiger partial charge in [0.1, 0.15) is 18.1 Å². The van der Waals surface area contributed by atoms with Crippen LogP contribution in [0.3, 0.4) is 0 Å². The summed E-state index contributed by atoms with van der Waals surface area (Å²) in [5.74, 6) is -1.46. The Morgan fingerprint density at radius 2 is 1.83 bits per heavy atom. The van der Waals surface area contributed by atoms with Crippen molar-refractivity contribution in [3.63, 3.8) is 0 Å². The molecule has 0 radical (unpaired) electrons. The molecule has 0 aromatic heterocycles. The Balaban J connectivity index is 2.38. The minimum Gasteiger partial charge on any atom is -0.508 e. The Morgan fingerprint density at radius 3 is 2.39 bits per heavy atom. The van der Waals surface area contributed by atoms with Crippen LogP contribution in [-0.2, 0) is 9.53 Å². The number of nitrogens with two attached hydrogens (primary N) is 1. The topological polar surface area (TPSA) is 122 Å². The normalized spacial score (nSPS) is 10.0. The van der Waals surface area contributed by atoms with Gasteiger partial charge in [0.15, 0.2) is 0 Å². The number of phenols is 2. The van der Waals surface area contributed by atoms with E-state index in [1.807, 2.05) is 0 Å². The highest BCUT2D eigenvalue weighted by atomic mass is 16.5.